The molecular weight excluding hydrogens is 548 g/mol. The van der Waals surface area contributed by atoms with Crippen LogP contribution in [0, 0.1) is 11.8 Å². The molecule has 0 bridgehead atoms. The van der Waals surface area contributed by atoms with Gasteiger partial charge in [-0.25, -0.2) is 0 Å². The fourth-order valence-electron chi connectivity index (χ4n) is 6.64. The number of benzene rings is 4. The Morgan fingerprint density at radius 3 is 1.98 bits per heavy atom. The highest BCUT2D eigenvalue weighted by Gasteiger charge is 2.43. The van der Waals surface area contributed by atoms with E-state index in [1.54, 1.807) is 0 Å². The van der Waals surface area contributed by atoms with Gasteiger partial charge in [-0.15, -0.1) is 0 Å². The zero-order chi connectivity index (χ0) is 31.6. The van der Waals surface area contributed by atoms with Gasteiger partial charge in [0.2, 0.25) is 0 Å². The molecule has 4 aromatic rings. The van der Waals surface area contributed by atoms with Crippen LogP contribution in [0.1, 0.15) is 50.8 Å². The molecule has 2 aliphatic rings. The minimum absolute atomic E-state index is 0.125. The number of rotatable bonds is 8. The monoisotopic (exact) mass is 592 g/mol. The Hall–Kier alpha value is -4.50. The lowest BCUT2D eigenvalue weighted by atomic mass is 9.67. The summed E-state index contributed by atoms with van der Waals surface area (Å²) in [5.41, 5.74) is 6.45. The number of aliphatic hydroxyl groups is 2. The van der Waals surface area contributed by atoms with E-state index in [4.69, 9.17) is 0 Å². The van der Waals surface area contributed by atoms with Crippen LogP contribution in [0.3, 0.4) is 0 Å². The highest BCUT2D eigenvalue weighted by atomic mass is 16.3. The van der Waals surface area contributed by atoms with Crippen LogP contribution in [0.2, 0.25) is 0 Å². The predicted octanol–water partition coefficient (Wildman–Crippen LogP) is 10.5. The molecule has 0 spiro atoms. The van der Waals surface area contributed by atoms with Gasteiger partial charge in [0.05, 0.1) is 0 Å². The van der Waals surface area contributed by atoms with Gasteiger partial charge in [-0.1, -0.05) is 179 Å². The smallest absolute Gasteiger partial charge is 0.105 e. The van der Waals surface area contributed by atoms with Gasteiger partial charge in [-0.2, -0.15) is 0 Å². The summed E-state index contributed by atoms with van der Waals surface area (Å²) in [4.78, 5) is 0. The van der Waals surface area contributed by atoms with Crippen molar-refractivity contribution in [2.24, 2.45) is 11.8 Å². The summed E-state index contributed by atoms with van der Waals surface area (Å²) in [6.45, 7) is 6.17. The summed E-state index contributed by atoms with van der Waals surface area (Å²) in [5, 5.41) is 25.2. The molecule has 0 amide bonds. The van der Waals surface area contributed by atoms with Gasteiger partial charge in [0.1, 0.15) is 11.7 Å². The third kappa shape index (κ3) is 6.93. The topological polar surface area (TPSA) is 40.5 Å². The molecule has 45 heavy (non-hydrogen) atoms. The summed E-state index contributed by atoms with van der Waals surface area (Å²) in [6.07, 6.45) is 17.0. The lowest BCUT2D eigenvalue weighted by Gasteiger charge is -2.41. The molecule has 6 rings (SSSR count). The molecule has 0 saturated carbocycles. The molecule has 228 valence electrons. The molecule has 4 unspecified atom stereocenters. The third-order valence-corrected chi connectivity index (χ3v) is 8.82. The first-order valence-corrected chi connectivity index (χ1v) is 16.2. The van der Waals surface area contributed by atoms with Crippen LogP contribution >= 0.6 is 0 Å². The van der Waals surface area contributed by atoms with Gasteiger partial charge in [0, 0.05) is 12.3 Å². The third-order valence-electron chi connectivity index (χ3n) is 8.82. The van der Waals surface area contributed by atoms with Crippen molar-refractivity contribution in [3.63, 3.8) is 0 Å². The van der Waals surface area contributed by atoms with Crippen LogP contribution < -0.4 is 0 Å². The molecule has 0 saturated heterocycles. The normalized spacial score (nSPS) is 19.3. The molecule has 0 fully saturated rings. The van der Waals surface area contributed by atoms with Crippen LogP contribution in [-0.4, -0.2) is 10.2 Å². The Morgan fingerprint density at radius 1 is 0.711 bits per heavy atom. The summed E-state index contributed by atoms with van der Waals surface area (Å²) >= 11 is 0. The fraction of sp³-hybridized carbons (Fsp3) is 0.209. The minimum Gasteiger partial charge on any atom is -0.384 e. The van der Waals surface area contributed by atoms with Gasteiger partial charge < -0.3 is 10.2 Å². The van der Waals surface area contributed by atoms with E-state index in [1.807, 2.05) is 98.8 Å². The van der Waals surface area contributed by atoms with Crippen LogP contribution in [0.15, 0.2) is 169 Å². The maximum atomic E-state index is 13.1. The predicted molar refractivity (Wildman–Crippen MR) is 189 cm³/mol. The van der Waals surface area contributed by atoms with Crippen molar-refractivity contribution < 1.29 is 10.2 Å². The van der Waals surface area contributed by atoms with E-state index in [9.17, 15) is 10.2 Å². The second kappa shape index (κ2) is 15.0. The van der Waals surface area contributed by atoms with Crippen molar-refractivity contribution in [1.29, 1.82) is 0 Å². The van der Waals surface area contributed by atoms with Crippen molar-refractivity contribution in [3.05, 3.63) is 180 Å². The quantitative estimate of drug-likeness (QED) is 0.214. The molecule has 0 aliphatic heterocycles. The minimum atomic E-state index is -1.24. The average Bonchev–Trinajstić information content (AvgIpc) is 3.35. The van der Waals surface area contributed by atoms with Crippen molar-refractivity contribution in [3.8, 4) is 22.3 Å². The molecule has 4 atom stereocenters. The lowest BCUT2D eigenvalue weighted by molar-refractivity contribution is -0.0181. The summed E-state index contributed by atoms with van der Waals surface area (Å²) in [5.74, 6) is -0.0334. The summed E-state index contributed by atoms with van der Waals surface area (Å²) in [6, 6.07) is 36.8. The molecule has 2 nitrogen and oxygen atoms in total. The van der Waals surface area contributed by atoms with Gasteiger partial charge in [-0.3, -0.25) is 0 Å². The van der Waals surface area contributed by atoms with Gasteiger partial charge in [-0.05, 0) is 56.9 Å². The first-order valence-electron chi connectivity index (χ1n) is 16.2. The number of aliphatic hydroxyl groups excluding tert-OH is 1. The van der Waals surface area contributed by atoms with Gasteiger partial charge in [0.25, 0.3) is 0 Å². The maximum absolute atomic E-state index is 13.1. The Balaban J connectivity index is 0.00000196. The Morgan fingerprint density at radius 2 is 1.29 bits per heavy atom. The van der Waals surface area contributed by atoms with Gasteiger partial charge in [0.15, 0.2) is 0 Å². The Bertz CT molecular complexity index is 1710. The van der Waals surface area contributed by atoms with Crippen LogP contribution in [0.25, 0.3) is 22.3 Å². The zero-order valence-electron chi connectivity index (χ0n) is 26.6. The number of hydrogen-bond donors (Lipinski definition) is 2. The standard InChI is InChI=1S/C41H38O2.C2H6/c1-30-17-11-15-27-38(30)41(43,39-28-16-14-24-35(39)32-20-7-3-8-21-32)29-33-22-9-4-10-25-36(33)40(42)37-26-13-12-23-34(37)31-18-5-2-6-19-31;1-2/h2-8,10-28,30,38,40,42-43H,9,29H2,1H3;1-2H3. The second-order valence-corrected chi connectivity index (χ2v) is 11.5. The van der Waals surface area contributed by atoms with Crippen molar-refractivity contribution in [1.82, 2.24) is 0 Å². The average molecular weight is 593 g/mol. The molecule has 0 aromatic heterocycles. The number of hydrogen-bond acceptors (Lipinski definition) is 2. The fourth-order valence-corrected chi connectivity index (χ4v) is 6.64. The van der Waals surface area contributed by atoms with E-state index in [1.165, 1.54) is 0 Å². The molecule has 2 heteroatoms. The molecule has 2 N–H and O–H groups in total. The van der Waals surface area contributed by atoms with Crippen molar-refractivity contribution >= 4 is 0 Å². The zero-order valence-corrected chi connectivity index (χ0v) is 26.6. The highest BCUT2D eigenvalue weighted by molar-refractivity contribution is 5.70. The summed E-state index contributed by atoms with van der Waals surface area (Å²) < 4.78 is 0. The molecule has 4 aromatic carbocycles. The summed E-state index contributed by atoms with van der Waals surface area (Å²) in [7, 11) is 0. The van der Waals surface area contributed by atoms with Gasteiger partial charge >= 0.3 is 0 Å². The van der Waals surface area contributed by atoms with Crippen LogP contribution in [0.4, 0.5) is 0 Å². The Labute approximate surface area is 269 Å². The van der Waals surface area contributed by atoms with Crippen molar-refractivity contribution in [2.75, 3.05) is 0 Å². The maximum Gasteiger partial charge on any atom is 0.105 e. The van der Waals surface area contributed by atoms with E-state index < -0.39 is 11.7 Å². The molecule has 2 aliphatic carbocycles. The van der Waals surface area contributed by atoms with Crippen LogP contribution in [0.5, 0.6) is 0 Å². The molecular formula is C43H44O2. The van der Waals surface area contributed by atoms with Crippen molar-refractivity contribution in [2.45, 2.75) is 45.3 Å². The van der Waals surface area contributed by atoms with Crippen LogP contribution in [-0.2, 0) is 5.60 Å². The number of allylic oxidation sites excluding steroid dienone is 7. The first-order chi connectivity index (χ1) is 22.1. The lowest BCUT2D eigenvalue weighted by Crippen LogP contribution is -2.39. The first kappa shape index (κ1) is 31.9. The van der Waals surface area contributed by atoms with E-state index >= 15 is 0 Å². The van der Waals surface area contributed by atoms with E-state index in [0.29, 0.717) is 6.42 Å². The molecule has 0 radical (unpaired) electrons. The van der Waals surface area contributed by atoms with E-state index in [-0.39, 0.29) is 11.8 Å². The Kier molecular flexibility index (Phi) is 10.6. The van der Waals surface area contributed by atoms with E-state index in [0.717, 1.165) is 50.9 Å². The largest absolute Gasteiger partial charge is 0.384 e. The second-order valence-electron chi connectivity index (χ2n) is 11.5. The SMILES string of the molecule is CC.CC1C=CC=CC1C(O)(CC1=CCC=CC=C1C(O)c1ccccc1-c1ccccc1)c1ccccc1-c1ccccc1. The molecule has 0 heterocycles. The highest BCUT2D eigenvalue weighted by Crippen LogP contribution is 2.48. The van der Waals surface area contributed by atoms with E-state index in [2.05, 4.69) is 79.8 Å².